The highest BCUT2D eigenvalue weighted by molar-refractivity contribution is 5.60. The average Bonchev–Trinajstić information content (AvgIpc) is 2.71. The number of rotatable bonds is 3. The molecule has 0 spiro atoms. The van der Waals surface area contributed by atoms with Gasteiger partial charge in [-0.25, -0.2) is 0 Å². The molecule has 2 unspecified atom stereocenters. The molecule has 1 aromatic carbocycles. The van der Waals surface area contributed by atoms with Gasteiger partial charge < -0.3 is 10.6 Å². The van der Waals surface area contributed by atoms with E-state index in [2.05, 4.69) is 10.6 Å². The van der Waals surface area contributed by atoms with Crippen LogP contribution in [0.4, 0.5) is 11.4 Å². The lowest BCUT2D eigenvalue weighted by Gasteiger charge is -2.30. The van der Waals surface area contributed by atoms with Crippen molar-refractivity contribution in [2.75, 3.05) is 5.32 Å². The zero-order valence-corrected chi connectivity index (χ0v) is 11.1. The van der Waals surface area contributed by atoms with Gasteiger partial charge in [-0.15, -0.1) is 0 Å². The molecular formula is C14H19N3O2. The molecule has 2 saturated heterocycles. The standard InChI is InChI=1S/C14H19N3O2/c1-9-13(3-2-4-14(9)17(18)19)16-12-7-10-5-6-11(8-12)15-10/h2-4,10-12,15-16H,5-8H2,1H3. The van der Waals surface area contributed by atoms with Crippen molar-refractivity contribution in [1.29, 1.82) is 0 Å². The molecular weight excluding hydrogens is 242 g/mol. The number of benzene rings is 1. The Morgan fingerprint density at radius 1 is 1.32 bits per heavy atom. The number of hydrogen-bond acceptors (Lipinski definition) is 4. The molecule has 0 saturated carbocycles. The van der Waals surface area contributed by atoms with Crippen LogP contribution in [-0.4, -0.2) is 23.0 Å². The van der Waals surface area contributed by atoms with Crippen LogP contribution in [0.5, 0.6) is 0 Å². The van der Waals surface area contributed by atoms with Crippen molar-refractivity contribution in [2.45, 2.75) is 50.7 Å². The molecule has 0 radical (unpaired) electrons. The molecule has 2 aliphatic rings. The topological polar surface area (TPSA) is 67.2 Å². The third kappa shape index (κ3) is 2.42. The molecule has 3 rings (SSSR count). The lowest BCUT2D eigenvalue weighted by atomic mass is 9.99. The van der Waals surface area contributed by atoms with E-state index in [0.29, 0.717) is 18.1 Å². The average molecular weight is 261 g/mol. The van der Waals surface area contributed by atoms with Crippen LogP contribution in [0.25, 0.3) is 0 Å². The Kier molecular flexibility index (Phi) is 3.14. The van der Waals surface area contributed by atoms with Gasteiger partial charge in [-0.05, 0) is 38.7 Å². The number of nitrogens with one attached hydrogen (secondary N) is 2. The number of piperidine rings is 1. The third-order valence-corrected chi connectivity index (χ3v) is 4.33. The molecule has 2 aliphatic heterocycles. The Morgan fingerprint density at radius 2 is 2.00 bits per heavy atom. The molecule has 2 heterocycles. The van der Waals surface area contributed by atoms with E-state index in [-0.39, 0.29) is 10.6 Å². The smallest absolute Gasteiger partial charge is 0.274 e. The van der Waals surface area contributed by atoms with Crippen LogP contribution in [0.15, 0.2) is 18.2 Å². The first kappa shape index (κ1) is 12.4. The van der Waals surface area contributed by atoms with Crippen LogP contribution >= 0.6 is 0 Å². The summed E-state index contributed by atoms with van der Waals surface area (Å²) in [6.07, 6.45) is 4.74. The fraction of sp³-hybridized carbons (Fsp3) is 0.571. The molecule has 0 amide bonds. The number of hydrogen-bond donors (Lipinski definition) is 2. The van der Waals surface area contributed by atoms with E-state index in [1.54, 1.807) is 12.1 Å². The maximum atomic E-state index is 10.9. The van der Waals surface area contributed by atoms with Gasteiger partial charge in [-0.2, -0.15) is 0 Å². The summed E-state index contributed by atoms with van der Waals surface area (Å²) in [5, 5.41) is 18.1. The van der Waals surface area contributed by atoms with Gasteiger partial charge >= 0.3 is 0 Å². The normalized spacial score (nSPS) is 29.2. The monoisotopic (exact) mass is 261 g/mol. The van der Waals surface area contributed by atoms with E-state index in [1.807, 2.05) is 13.0 Å². The van der Waals surface area contributed by atoms with Gasteiger partial charge in [-0.1, -0.05) is 6.07 Å². The molecule has 1 aromatic rings. The van der Waals surface area contributed by atoms with E-state index < -0.39 is 0 Å². The summed E-state index contributed by atoms with van der Waals surface area (Å²) in [4.78, 5) is 10.6. The number of nitro benzene ring substituents is 1. The Bertz CT molecular complexity index is 491. The number of nitro groups is 1. The van der Waals surface area contributed by atoms with Crippen LogP contribution in [-0.2, 0) is 0 Å². The number of anilines is 1. The van der Waals surface area contributed by atoms with Gasteiger partial charge in [0, 0.05) is 35.4 Å². The Morgan fingerprint density at radius 3 is 2.63 bits per heavy atom. The summed E-state index contributed by atoms with van der Waals surface area (Å²) in [6.45, 7) is 1.82. The van der Waals surface area contributed by atoms with Crippen LogP contribution in [0.2, 0.25) is 0 Å². The van der Waals surface area contributed by atoms with Gasteiger partial charge in [0.25, 0.3) is 5.69 Å². The van der Waals surface area contributed by atoms with Crippen molar-refractivity contribution in [3.63, 3.8) is 0 Å². The zero-order chi connectivity index (χ0) is 13.4. The Hall–Kier alpha value is -1.62. The van der Waals surface area contributed by atoms with Gasteiger partial charge in [0.2, 0.25) is 0 Å². The molecule has 0 aromatic heterocycles. The molecule has 102 valence electrons. The summed E-state index contributed by atoms with van der Waals surface area (Å²) in [5.41, 5.74) is 1.83. The minimum atomic E-state index is -0.313. The lowest BCUT2D eigenvalue weighted by molar-refractivity contribution is -0.385. The van der Waals surface area contributed by atoms with Crippen molar-refractivity contribution in [3.05, 3.63) is 33.9 Å². The summed E-state index contributed by atoms with van der Waals surface area (Å²) >= 11 is 0. The predicted octanol–water partition coefficient (Wildman–Crippen LogP) is 2.60. The van der Waals surface area contributed by atoms with E-state index >= 15 is 0 Å². The van der Waals surface area contributed by atoms with Gasteiger partial charge in [0.05, 0.1) is 4.92 Å². The molecule has 5 nitrogen and oxygen atoms in total. The second-order valence-electron chi connectivity index (χ2n) is 5.66. The SMILES string of the molecule is Cc1c(NC2CC3CCC(C2)N3)cccc1[N+](=O)[O-]. The highest BCUT2D eigenvalue weighted by Crippen LogP contribution is 2.31. The summed E-state index contributed by atoms with van der Waals surface area (Å²) in [6, 6.07) is 6.92. The zero-order valence-electron chi connectivity index (χ0n) is 11.1. The van der Waals surface area contributed by atoms with Gasteiger partial charge in [-0.3, -0.25) is 10.1 Å². The summed E-state index contributed by atoms with van der Waals surface area (Å²) in [5.74, 6) is 0. The van der Waals surface area contributed by atoms with Crippen molar-refractivity contribution in [3.8, 4) is 0 Å². The molecule has 0 aliphatic carbocycles. The van der Waals surface area contributed by atoms with E-state index in [9.17, 15) is 10.1 Å². The Labute approximate surface area is 112 Å². The maximum absolute atomic E-state index is 10.9. The van der Waals surface area contributed by atoms with Crippen molar-refractivity contribution in [2.24, 2.45) is 0 Å². The minimum absolute atomic E-state index is 0.196. The number of nitrogens with zero attached hydrogens (tertiary/aromatic N) is 1. The van der Waals surface area contributed by atoms with E-state index in [0.717, 1.165) is 24.1 Å². The van der Waals surface area contributed by atoms with Crippen molar-refractivity contribution >= 4 is 11.4 Å². The predicted molar refractivity (Wildman–Crippen MR) is 74.4 cm³/mol. The van der Waals surface area contributed by atoms with E-state index in [4.69, 9.17) is 0 Å². The highest BCUT2D eigenvalue weighted by atomic mass is 16.6. The van der Waals surface area contributed by atoms with Crippen LogP contribution in [0, 0.1) is 17.0 Å². The van der Waals surface area contributed by atoms with Crippen LogP contribution < -0.4 is 10.6 Å². The first-order valence-corrected chi connectivity index (χ1v) is 6.90. The van der Waals surface area contributed by atoms with Gasteiger partial charge in [0.15, 0.2) is 0 Å². The van der Waals surface area contributed by atoms with Crippen molar-refractivity contribution < 1.29 is 4.92 Å². The third-order valence-electron chi connectivity index (χ3n) is 4.33. The largest absolute Gasteiger partial charge is 0.382 e. The molecule has 19 heavy (non-hydrogen) atoms. The summed E-state index contributed by atoms with van der Waals surface area (Å²) < 4.78 is 0. The quantitative estimate of drug-likeness (QED) is 0.648. The van der Waals surface area contributed by atoms with Crippen LogP contribution in [0.1, 0.15) is 31.2 Å². The van der Waals surface area contributed by atoms with Crippen molar-refractivity contribution in [1.82, 2.24) is 5.32 Å². The fourth-order valence-electron chi connectivity index (χ4n) is 3.37. The fourth-order valence-corrected chi connectivity index (χ4v) is 3.37. The summed E-state index contributed by atoms with van der Waals surface area (Å²) in [7, 11) is 0. The minimum Gasteiger partial charge on any atom is -0.382 e. The number of fused-ring (bicyclic) bond motifs is 2. The second-order valence-corrected chi connectivity index (χ2v) is 5.66. The van der Waals surface area contributed by atoms with E-state index in [1.165, 1.54) is 12.8 Å². The second kappa shape index (κ2) is 4.81. The first-order valence-electron chi connectivity index (χ1n) is 6.90. The lowest BCUT2D eigenvalue weighted by Crippen LogP contribution is -2.43. The molecule has 5 heteroatoms. The maximum Gasteiger partial charge on any atom is 0.274 e. The first-order chi connectivity index (χ1) is 9.13. The van der Waals surface area contributed by atoms with Crippen LogP contribution in [0.3, 0.4) is 0 Å². The molecule has 2 fully saturated rings. The highest BCUT2D eigenvalue weighted by Gasteiger charge is 2.33. The molecule has 2 N–H and O–H groups in total. The van der Waals surface area contributed by atoms with Gasteiger partial charge in [0.1, 0.15) is 0 Å². The molecule has 2 atom stereocenters. The molecule has 2 bridgehead atoms. The Balaban J connectivity index is 1.76.